The van der Waals surface area contributed by atoms with Gasteiger partial charge in [-0.1, -0.05) is 15.9 Å². The Balaban J connectivity index is 2.46. The second-order valence-electron chi connectivity index (χ2n) is 3.98. The van der Waals surface area contributed by atoms with E-state index in [1.165, 1.54) is 12.1 Å². The Kier molecular flexibility index (Phi) is 7.53. The third-order valence-electron chi connectivity index (χ3n) is 2.35. The summed E-state index contributed by atoms with van der Waals surface area (Å²) < 4.78 is 15.9. The first-order valence-electron chi connectivity index (χ1n) is 5.95. The maximum absolute atomic E-state index is 11.1. The van der Waals surface area contributed by atoms with Gasteiger partial charge in [-0.15, -0.1) is 0 Å². The molecule has 0 aliphatic carbocycles. The van der Waals surface area contributed by atoms with Crippen LogP contribution >= 0.6 is 15.9 Å². The Morgan fingerprint density at radius 1 is 1.35 bits per heavy atom. The molecule has 1 unspecified atom stereocenters. The maximum Gasteiger partial charge on any atom is 0.339 e. The zero-order valence-electron chi connectivity index (χ0n) is 11.0. The van der Waals surface area contributed by atoms with E-state index in [1.807, 2.05) is 0 Å². The minimum atomic E-state index is -1.09. The fourth-order valence-corrected chi connectivity index (χ4v) is 1.75. The lowest BCUT2D eigenvalue weighted by Gasteiger charge is -2.14. The number of hydrogen-bond acceptors (Lipinski definition) is 5. The third kappa shape index (κ3) is 5.87. The van der Waals surface area contributed by atoms with Crippen molar-refractivity contribution in [1.82, 2.24) is 0 Å². The summed E-state index contributed by atoms with van der Waals surface area (Å²) in [5.74, 6) is -0.885. The largest absolute Gasteiger partial charge is 0.490 e. The molecule has 0 saturated heterocycles. The monoisotopic (exact) mass is 348 g/mol. The fourth-order valence-electron chi connectivity index (χ4n) is 1.39. The molecule has 0 bridgehead atoms. The lowest BCUT2D eigenvalue weighted by Crippen LogP contribution is -2.24. The number of rotatable bonds is 9. The highest BCUT2D eigenvalue weighted by Crippen LogP contribution is 2.23. The predicted molar refractivity (Wildman–Crippen MR) is 75.3 cm³/mol. The van der Waals surface area contributed by atoms with Crippen LogP contribution in [0, 0.1) is 0 Å². The molecule has 1 aromatic carbocycles. The number of aliphatic hydroxyl groups is 1. The fraction of sp³-hybridized carbons (Fsp3) is 0.462. The molecule has 0 fully saturated rings. The highest BCUT2D eigenvalue weighted by atomic mass is 79.9. The first kappa shape index (κ1) is 16.9. The number of hydrogen-bond donors (Lipinski definition) is 2. The Bertz CT molecular complexity index is 437. The highest BCUT2D eigenvalue weighted by Gasteiger charge is 2.13. The van der Waals surface area contributed by atoms with Gasteiger partial charge >= 0.3 is 5.97 Å². The average molecular weight is 349 g/mol. The van der Waals surface area contributed by atoms with Crippen LogP contribution in [0.4, 0.5) is 0 Å². The van der Waals surface area contributed by atoms with E-state index in [4.69, 9.17) is 19.3 Å². The number of benzene rings is 1. The molecule has 0 saturated carbocycles. The molecule has 1 atom stereocenters. The van der Waals surface area contributed by atoms with E-state index in [0.29, 0.717) is 17.7 Å². The topological polar surface area (TPSA) is 85.2 Å². The van der Waals surface area contributed by atoms with Crippen molar-refractivity contribution < 1.29 is 29.2 Å². The number of halogens is 1. The van der Waals surface area contributed by atoms with Crippen molar-refractivity contribution in [2.75, 3.05) is 33.5 Å². The molecule has 2 N–H and O–H groups in total. The molecule has 0 amide bonds. The molecule has 0 heterocycles. The summed E-state index contributed by atoms with van der Waals surface area (Å²) >= 11 is 3.19. The average Bonchev–Trinajstić information content (AvgIpc) is 2.42. The molecule has 20 heavy (non-hydrogen) atoms. The van der Waals surface area contributed by atoms with Crippen molar-refractivity contribution >= 4 is 21.9 Å². The summed E-state index contributed by atoms with van der Waals surface area (Å²) in [4.78, 5) is 11.1. The number of ether oxygens (including phenoxy) is 3. The smallest absolute Gasteiger partial charge is 0.339 e. The van der Waals surface area contributed by atoms with Crippen LogP contribution < -0.4 is 4.74 Å². The Morgan fingerprint density at radius 2 is 2.10 bits per heavy atom. The Hall–Kier alpha value is -1.15. The van der Waals surface area contributed by atoms with Crippen molar-refractivity contribution in [2.45, 2.75) is 6.10 Å². The normalized spacial score (nSPS) is 12.2. The minimum Gasteiger partial charge on any atom is -0.490 e. The second kappa shape index (κ2) is 8.91. The first-order chi connectivity index (χ1) is 9.54. The summed E-state index contributed by atoms with van der Waals surface area (Å²) in [6.07, 6.45) is -0.836. The van der Waals surface area contributed by atoms with Gasteiger partial charge in [-0.25, -0.2) is 4.79 Å². The number of aliphatic hydroxyl groups excluding tert-OH is 1. The van der Waals surface area contributed by atoms with Gasteiger partial charge in [0.1, 0.15) is 24.0 Å². The molecule has 0 radical (unpaired) electrons. The van der Waals surface area contributed by atoms with E-state index < -0.39 is 12.1 Å². The van der Waals surface area contributed by atoms with Gasteiger partial charge in [-0.05, 0) is 18.2 Å². The van der Waals surface area contributed by atoms with E-state index in [9.17, 15) is 9.90 Å². The lowest BCUT2D eigenvalue weighted by atomic mass is 10.2. The van der Waals surface area contributed by atoms with Crippen LogP contribution in [0.2, 0.25) is 0 Å². The molecule has 7 heteroatoms. The van der Waals surface area contributed by atoms with Crippen molar-refractivity contribution in [3.8, 4) is 5.75 Å². The number of methoxy groups -OCH3 is 1. The molecule has 0 aromatic heterocycles. The summed E-state index contributed by atoms with van der Waals surface area (Å²) in [5.41, 5.74) is 0.0341. The zero-order valence-corrected chi connectivity index (χ0v) is 12.6. The van der Waals surface area contributed by atoms with E-state index in [2.05, 4.69) is 15.9 Å². The SMILES string of the molecule is COCCOCC(O)COc1ccc(Br)cc1C(=O)O. The van der Waals surface area contributed by atoms with Gasteiger partial charge in [0.25, 0.3) is 0 Å². The van der Waals surface area contributed by atoms with Gasteiger partial charge in [0.05, 0.1) is 19.8 Å². The Labute approximate surface area is 125 Å². The first-order valence-corrected chi connectivity index (χ1v) is 6.74. The summed E-state index contributed by atoms with van der Waals surface area (Å²) in [6, 6.07) is 4.65. The summed E-state index contributed by atoms with van der Waals surface area (Å²) in [5, 5.41) is 18.7. The van der Waals surface area contributed by atoms with Crippen LogP contribution in [-0.4, -0.2) is 55.8 Å². The molecule has 112 valence electrons. The molecule has 6 nitrogen and oxygen atoms in total. The van der Waals surface area contributed by atoms with E-state index in [1.54, 1.807) is 13.2 Å². The number of carbonyl (C=O) groups is 1. The molecule has 0 spiro atoms. The maximum atomic E-state index is 11.1. The van der Waals surface area contributed by atoms with Gasteiger partial charge < -0.3 is 24.4 Å². The van der Waals surface area contributed by atoms with Crippen LogP contribution in [-0.2, 0) is 9.47 Å². The molecule has 0 aliphatic rings. The van der Waals surface area contributed by atoms with Crippen molar-refractivity contribution in [3.63, 3.8) is 0 Å². The van der Waals surface area contributed by atoms with Crippen LogP contribution in [0.3, 0.4) is 0 Å². The molecular formula is C13H17BrO6. The minimum absolute atomic E-state index is 0.0341. The van der Waals surface area contributed by atoms with Crippen LogP contribution in [0.5, 0.6) is 5.75 Å². The Morgan fingerprint density at radius 3 is 2.75 bits per heavy atom. The van der Waals surface area contributed by atoms with Gasteiger partial charge in [0.15, 0.2) is 0 Å². The van der Waals surface area contributed by atoms with E-state index >= 15 is 0 Å². The number of carboxylic acids is 1. The molecule has 1 rings (SSSR count). The van der Waals surface area contributed by atoms with Gasteiger partial charge in [0.2, 0.25) is 0 Å². The number of carboxylic acid groups (broad SMARTS) is 1. The lowest BCUT2D eigenvalue weighted by molar-refractivity contribution is -0.00438. The van der Waals surface area contributed by atoms with Crippen molar-refractivity contribution in [3.05, 3.63) is 28.2 Å². The molecular weight excluding hydrogens is 332 g/mol. The summed E-state index contributed by atoms with van der Waals surface area (Å²) in [6.45, 7) is 0.882. The van der Waals surface area contributed by atoms with Crippen LogP contribution in [0.25, 0.3) is 0 Å². The highest BCUT2D eigenvalue weighted by molar-refractivity contribution is 9.10. The van der Waals surface area contributed by atoms with Crippen molar-refractivity contribution in [1.29, 1.82) is 0 Å². The quantitative estimate of drug-likeness (QED) is 0.658. The van der Waals surface area contributed by atoms with Crippen LogP contribution in [0.15, 0.2) is 22.7 Å². The second-order valence-corrected chi connectivity index (χ2v) is 4.89. The van der Waals surface area contributed by atoms with E-state index in [0.717, 1.165) is 0 Å². The third-order valence-corrected chi connectivity index (χ3v) is 2.84. The van der Waals surface area contributed by atoms with E-state index in [-0.39, 0.29) is 24.5 Å². The standard InChI is InChI=1S/C13H17BrO6/c1-18-4-5-19-7-10(15)8-20-12-3-2-9(14)6-11(12)13(16)17/h2-3,6,10,15H,4-5,7-8H2,1H3,(H,16,17). The van der Waals surface area contributed by atoms with Crippen molar-refractivity contribution in [2.24, 2.45) is 0 Å². The van der Waals surface area contributed by atoms with Gasteiger partial charge in [-0.2, -0.15) is 0 Å². The molecule has 1 aromatic rings. The number of aromatic carboxylic acids is 1. The zero-order chi connectivity index (χ0) is 15.0. The molecule has 0 aliphatic heterocycles. The van der Waals surface area contributed by atoms with Gasteiger partial charge in [0, 0.05) is 11.6 Å². The summed E-state index contributed by atoms with van der Waals surface area (Å²) in [7, 11) is 1.56. The predicted octanol–water partition coefficient (Wildman–Crippen LogP) is 1.55. The van der Waals surface area contributed by atoms with Gasteiger partial charge in [-0.3, -0.25) is 0 Å². The van der Waals surface area contributed by atoms with Crippen LogP contribution in [0.1, 0.15) is 10.4 Å².